The van der Waals surface area contributed by atoms with Crippen molar-refractivity contribution >= 4 is 43.1 Å². The Labute approximate surface area is 181 Å². The van der Waals surface area contributed by atoms with E-state index < -0.39 is 31.5 Å². The van der Waals surface area contributed by atoms with Gasteiger partial charge in [0.15, 0.2) is 9.84 Å². The van der Waals surface area contributed by atoms with E-state index in [0.717, 1.165) is 0 Å². The Bertz CT molecular complexity index is 1110. The van der Waals surface area contributed by atoms with Crippen LogP contribution in [0.1, 0.15) is 13.8 Å². The predicted octanol–water partition coefficient (Wildman–Crippen LogP) is 2.79. The van der Waals surface area contributed by atoms with Gasteiger partial charge >= 0.3 is 0 Å². The molecule has 1 N–H and O–H groups in total. The lowest BCUT2D eigenvalue weighted by molar-refractivity contribution is -0.113. The minimum absolute atomic E-state index is 0.0390. The van der Waals surface area contributed by atoms with E-state index in [1.807, 2.05) is 0 Å². The summed E-state index contributed by atoms with van der Waals surface area (Å²) in [5.41, 5.74) is 0.0574. The van der Waals surface area contributed by atoms with Gasteiger partial charge in [-0.05, 0) is 42.5 Å². The highest BCUT2D eigenvalue weighted by Crippen LogP contribution is 2.29. The van der Waals surface area contributed by atoms with E-state index in [4.69, 9.17) is 16.3 Å². The highest BCUT2D eigenvalue weighted by atomic mass is 35.5. The SMILES string of the molecule is CCN(CC)S(=O)(=O)c1ccc(OC)c(NC(=O)CS(=O)(=O)c2ccc(Cl)cc2)c1. The molecule has 0 heterocycles. The molecule has 11 heteroatoms. The second-order valence-corrected chi connectivity index (χ2v) is 10.6. The number of sulfone groups is 1. The lowest BCUT2D eigenvalue weighted by Crippen LogP contribution is -2.30. The quantitative estimate of drug-likeness (QED) is 0.598. The van der Waals surface area contributed by atoms with Crippen molar-refractivity contribution in [3.05, 3.63) is 47.5 Å². The number of carbonyl (C=O) groups is 1. The molecule has 0 aliphatic heterocycles. The van der Waals surface area contributed by atoms with E-state index in [9.17, 15) is 21.6 Å². The van der Waals surface area contributed by atoms with Crippen LogP contribution in [0.15, 0.2) is 52.3 Å². The highest BCUT2D eigenvalue weighted by molar-refractivity contribution is 7.92. The van der Waals surface area contributed by atoms with E-state index in [0.29, 0.717) is 5.02 Å². The van der Waals surface area contributed by atoms with Crippen molar-refractivity contribution in [2.24, 2.45) is 0 Å². The van der Waals surface area contributed by atoms with Gasteiger partial charge in [0.2, 0.25) is 15.9 Å². The van der Waals surface area contributed by atoms with Gasteiger partial charge in [0.1, 0.15) is 11.5 Å². The largest absolute Gasteiger partial charge is 0.495 e. The molecule has 0 aromatic heterocycles. The molecule has 2 aromatic carbocycles. The zero-order valence-corrected chi connectivity index (χ0v) is 19.1. The van der Waals surface area contributed by atoms with Crippen LogP contribution in [0.25, 0.3) is 0 Å². The summed E-state index contributed by atoms with van der Waals surface area (Å²) < 4.78 is 56.8. The van der Waals surface area contributed by atoms with Crippen molar-refractivity contribution in [3.8, 4) is 5.75 Å². The van der Waals surface area contributed by atoms with Gasteiger partial charge in [0.05, 0.1) is 22.6 Å². The highest BCUT2D eigenvalue weighted by Gasteiger charge is 2.24. The molecule has 0 spiro atoms. The molecule has 2 aromatic rings. The fraction of sp³-hybridized carbons (Fsp3) is 0.316. The van der Waals surface area contributed by atoms with Crippen LogP contribution in [0.4, 0.5) is 5.69 Å². The van der Waals surface area contributed by atoms with Crippen LogP contribution in [0.2, 0.25) is 5.02 Å². The Morgan fingerprint density at radius 3 is 2.10 bits per heavy atom. The second kappa shape index (κ2) is 9.78. The fourth-order valence-corrected chi connectivity index (χ4v) is 5.49. The average molecular weight is 475 g/mol. The van der Waals surface area contributed by atoms with Crippen molar-refractivity contribution in [1.29, 1.82) is 0 Å². The molecule has 0 saturated heterocycles. The molecule has 8 nitrogen and oxygen atoms in total. The zero-order valence-electron chi connectivity index (χ0n) is 16.8. The number of nitrogens with one attached hydrogen (secondary N) is 1. The first-order valence-corrected chi connectivity index (χ1v) is 12.5. The topological polar surface area (TPSA) is 110 Å². The third-order valence-corrected chi connectivity index (χ3v) is 8.21. The number of anilines is 1. The number of benzene rings is 2. The summed E-state index contributed by atoms with van der Waals surface area (Å²) in [6.45, 7) is 4.00. The molecular formula is C19H23ClN2O6S2. The first-order valence-electron chi connectivity index (χ1n) is 9.01. The van der Waals surface area contributed by atoms with Gasteiger partial charge in [-0.15, -0.1) is 0 Å². The van der Waals surface area contributed by atoms with Crippen LogP contribution in [0, 0.1) is 0 Å². The van der Waals surface area contributed by atoms with Crippen molar-refractivity contribution in [2.75, 3.05) is 31.3 Å². The summed E-state index contributed by atoms with van der Waals surface area (Å²) in [7, 11) is -6.33. The van der Waals surface area contributed by atoms with Gasteiger partial charge in [-0.1, -0.05) is 25.4 Å². The lowest BCUT2D eigenvalue weighted by Gasteiger charge is -2.19. The number of amides is 1. The average Bonchev–Trinajstić information content (AvgIpc) is 2.68. The van der Waals surface area contributed by atoms with Crippen molar-refractivity contribution < 1.29 is 26.4 Å². The van der Waals surface area contributed by atoms with Crippen LogP contribution in [0.5, 0.6) is 5.75 Å². The molecule has 2 rings (SSSR count). The van der Waals surface area contributed by atoms with Gasteiger partial charge in [-0.25, -0.2) is 16.8 Å². The third-order valence-electron chi connectivity index (χ3n) is 4.28. The van der Waals surface area contributed by atoms with Gasteiger partial charge in [-0.2, -0.15) is 4.31 Å². The molecule has 0 radical (unpaired) electrons. The van der Waals surface area contributed by atoms with Crippen LogP contribution in [-0.2, 0) is 24.7 Å². The normalized spacial score (nSPS) is 12.0. The Morgan fingerprint density at radius 2 is 1.57 bits per heavy atom. The van der Waals surface area contributed by atoms with Gasteiger partial charge in [-0.3, -0.25) is 4.79 Å². The lowest BCUT2D eigenvalue weighted by atomic mass is 10.3. The Morgan fingerprint density at radius 1 is 1.00 bits per heavy atom. The molecule has 30 heavy (non-hydrogen) atoms. The van der Waals surface area contributed by atoms with E-state index in [1.165, 1.54) is 53.9 Å². The Hall–Kier alpha value is -2.14. The summed E-state index contributed by atoms with van der Waals surface area (Å²) >= 11 is 5.76. The smallest absolute Gasteiger partial charge is 0.243 e. The molecule has 1 amide bonds. The van der Waals surface area contributed by atoms with Gasteiger partial charge in [0, 0.05) is 18.1 Å². The Kier molecular flexibility index (Phi) is 7.87. The number of carbonyl (C=O) groups excluding carboxylic acids is 1. The van der Waals surface area contributed by atoms with Crippen molar-refractivity contribution in [2.45, 2.75) is 23.6 Å². The van der Waals surface area contributed by atoms with Crippen molar-refractivity contribution in [3.63, 3.8) is 0 Å². The molecule has 0 bridgehead atoms. The number of sulfonamides is 1. The zero-order chi connectivity index (χ0) is 22.5. The number of halogens is 1. The maximum absolute atomic E-state index is 12.7. The minimum Gasteiger partial charge on any atom is -0.495 e. The first-order chi connectivity index (χ1) is 14.0. The van der Waals surface area contributed by atoms with Gasteiger partial charge < -0.3 is 10.1 Å². The monoisotopic (exact) mass is 474 g/mol. The second-order valence-electron chi connectivity index (χ2n) is 6.21. The van der Waals surface area contributed by atoms with Crippen LogP contribution < -0.4 is 10.1 Å². The number of hydrogen-bond donors (Lipinski definition) is 1. The maximum atomic E-state index is 12.7. The maximum Gasteiger partial charge on any atom is 0.243 e. The molecule has 0 unspecified atom stereocenters. The summed E-state index contributed by atoms with van der Waals surface area (Å²) in [5, 5.41) is 2.80. The molecule has 0 fully saturated rings. The molecule has 0 saturated carbocycles. The molecule has 0 atom stereocenters. The summed E-state index contributed by atoms with van der Waals surface area (Å²) in [6, 6.07) is 9.46. The van der Waals surface area contributed by atoms with Crippen molar-refractivity contribution in [1.82, 2.24) is 4.31 Å². The van der Waals surface area contributed by atoms with E-state index in [1.54, 1.807) is 13.8 Å². The van der Waals surface area contributed by atoms with E-state index >= 15 is 0 Å². The van der Waals surface area contributed by atoms with Crippen LogP contribution >= 0.6 is 11.6 Å². The first kappa shape index (κ1) is 24.1. The number of rotatable bonds is 9. The summed E-state index contributed by atoms with van der Waals surface area (Å²) in [4.78, 5) is 12.3. The van der Waals surface area contributed by atoms with Crippen LogP contribution in [-0.4, -0.2) is 53.0 Å². The summed E-state index contributed by atoms with van der Waals surface area (Å²) in [6.07, 6.45) is 0. The standard InChI is InChI=1S/C19H23ClN2O6S2/c1-4-22(5-2)30(26,27)16-10-11-18(28-3)17(12-16)21-19(23)13-29(24,25)15-8-6-14(20)7-9-15/h6-12H,4-5,13H2,1-3H3,(H,21,23). The molecule has 0 aliphatic rings. The molecule has 164 valence electrons. The van der Waals surface area contributed by atoms with Crippen LogP contribution in [0.3, 0.4) is 0 Å². The predicted molar refractivity (Wildman–Crippen MR) is 115 cm³/mol. The van der Waals surface area contributed by atoms with E-state index in [2.05, 4.69) is 5.32 Å². The Balaban J connectivity index is 2.30. The number of hydrogen-bond acceptors (Lipinski definition) is 6. The fourth-order valence-electron chi connectivity index (χ4n) is 2.74. The summed E-state index contributed by atoms with van der Waals surface area (Å²) in [5.74, 6) is -1.46. The number of ether oxygens (including phenoxy) is 1. The van der Waals surface area contributed by atoms with E-state index in [-0.39, 0.29) is 34.3 Å². The number of methoxy groups -OCH3 is 1. The number of nitrogens with zero attached hydrogens (tertiary/aromatic N) is 1. The van der Waals surface area contributed by atoms with Gasteiger partial charge in [0.25, 0.3) is 0 Å². The molecule has 0 aliphatic carbocycles. The molecular weight excluding hydrogens is 452 g/mol. The third kappa shape index (κ3) is 5.51. The minimum atomic E-state index is -3.91.